The van der Waals surface area contributed by atoms with Crippen LogP contribution in [0, 0.1) is 0 Å². The van der Waals surface area contributed by atoms with E-state index >= 15 is 0 Å². The highest BCUT2D eigenvalue weighted by Crippen LogP contribution is 2.17. The number of carbonyl (C=O) groups is 1. The predicted molar refractivity (Wildman–Crippen MR) is 103 cm³/mol. The number of anilines is 1. The summed E-state index contributed by atoms with van der Waals surface area (Å²) in [5.74, 6) is 0.350. The highest BCUT2D eigenvalue weighted by molar-refractivity contribution is 5.74. The lowest BCUT2D eigenvalue weighted by Crippen LogP contribution is -2.37. The fourth-order valence-electron chi connectivity index (χ4n) is 2.91. The van der Waals surface area contributed by atoms with Crippen molar-refractivity contribution in [3.05, 3.63) is 56.7 Å². The molecule has 2 heterocycles. The van der Waals surface area contributed by atoms with Gasteiger partial charge in [-0.2, -0.15) is 4.98 Å². The number of aryl methyl sites for hydroxylation is 1. The van der Waals surface area contributed by atoms with Gasteiger partial charge < -0.3 is 10.6 Å². The zero-order valence-electron chi connectivity index (χ0n) is 15.5. The second-order valence-corrected chi connectivity index (χ2v) is 6.29. The molecule has 0 aliphatic rings. The van der Waals surface area contributed by atoms with Crippen LogP contribution in [0.2, 0.25) is 0 Å². The lowest BCUT2D eigenvalue weighted by Gasteiger charge is -2.11. The van der Waals surface area contributed by atoms with Crippen molar-refractivity contribution < 1.29 is 4.79 Å². The van der Waals surface area contributed by atoms with Gasteiger partial charge in [-0.1, -0.05) is 30.3 Å². The Morgan fingerprint density at radius 3 is 2.44 bits per heavy atom. The Morgan fingerprint density at radius 2 is 1.78 bits per heavy atom. The number of imidazole rings is 1. The van der Waals surface area contributed by atoms with Crippen LogP contribution in [0.4, 0.5) is 5.95 Å². The maximum absolute atomic E-state index is 12.7. The molecule has 0 bridgehead atoms. The summed E-state index contributed by atoms with van der Waals surface area (Å²) < 4.78 is 4.20. The van der Waals surface area contributed by atoms with Gasteiger partial charge in [0.15, 0.2) is 11.2 Å². The van der Waals surface area contributed by atoms with Crippen molar-refractivity contribution in [2.24, 2.45) is 14.1 Å². The van der Waals surface area contributed by atoms with Gasteiger partial charge in [-0.25, -0.2) is 4.79 Å². The van der Waals surface area contributed by atoms with E-state index in [1.54, 1.807) is 11.6 Å². The first-order valence-corrected chi connectivity index (χ1v) is 8.58. The van der Waals surface area contributed by atoms with E-state index in [0.29, 0.717) is 36.7 Å². The van der Waals surface area contributed by atoms with Crippen molar-refractivity contribution in [1.82, 2.24) is 24.0 Å². The van der Waals surface area contributed by atoms with Gasteiger partial charge in [0.05, 0.1) is 6.54 Å². The zero-order chi connectivity index (χ0) is 19.6. The number of fused-ring (bicyclic) bond motifs is 1. The van der Waals surface area contributed by atoms with Gasteiger partial charge in [0.1, 0.15) is 0 Å². The number of nitrogens with zero attached hydrogens (tertiary/aromatic N) is 4. The lowest BCUT2D eigenvalue weighted by atomic mass is 10.2. The minimum Gasteiger partial charge on any atom is -0.355 e. The normalized spacial score (nSPS) is 10.9. The molecular weight excluding hydrogens is 348 g/mol. The monoisotopic (exact) mass is 370 g/mol. The summed E-state index contributed by atoms with van der Waals surface area (Å²) in [7, 11) is 3.04. The molecule has 1 aromatic carbocycles. The summed E-state index contributed by atoms with van der Waals surface area (Å²) in [5.41, 5.74) is 0.845. The minimum absolute atomic E-state index is 0.120. The molecule has 0 aliphatic carbocycles. The summed E-state index contributed by atoms with van der Waals surface area (Å²) in [6.45, 7) is 2.73. The van der Waals surface area contributed by atoms with Gasteiger partial charge in [-0.15, -0.1) is 0 Å². The summed E-state index contributed by atoms with van der Waals surface area (Å²) >= 11 is 0. The average Bonchev–Trinajstić information content (AvgIpc) is 3.01. The van der Waals surface area contributed by atoms with E-state index < -0.39 is 11.2 Å². The molecule has 3 aromatic rings. The molecule has 142 valence electrons. The van der Waals surface area contributed by atoms with Crippen molar-refractivity contribution in [2.45, 2.75) is 13.5 Å². The van der Waals surface area contributed by atoms with E-state index in [4.69, 9.17) is 0 Å². The Morgan fingerprint density at radius 1 is 1.07 bits per heavy atom. The van der Waals surface area contributed by atoms with Gasteiger partial charge in [-0.05, 0) is 5.56 Å². The maximum Gasteiger partial charge on any atom is 0.332 e. The molecule has 2 N–H and O–H groups in total. The molecule has 0 aliphatic heterocycles. The molecule has 0 spiro atoms. The Kier molecular flexibility index (Phi) is 5.11. The minimum atomic E-state index is -0.429. The quantitative estimate of drug-likeness (QED) is 0.596. The van der Waals surface area contributed by atoms with E-state index in [9.17, 15) is 14.4 Å². The Balaban J connectivity index is 2.09. The van der Waals surface area contributed by atoms with Crippen LogP contribution >= 0.6 is 0 Å². The van der Waals surface area contributed by atoms with Crippen molar-refractivity contribution in [3.8, 4) is 0 Å². The maximum atomic E-state index is 12.7. The summed E-state index contributed by atoms with van der Waals surface area (Å²) in [6.07, 6.45) is 0. The number of hydrogen-bond donors (Lipinski definition) is 2. The molecule has 3 rings (SSSR count). The predicted octanol–water partition coefficient (Wildman–Crippen LogP) is 0.0300. The van der Waals surface area contributed by atoms with Crippen LogP contribution in [0.3, 0.4) is 0 Å². The van der Waals surface area contributed by atoms with Crippen LogP contribution in [-0.2, 0) is 25.4 Å². The van der Waals surface area contributed by atoms with Gasteiger partial charge in [0.25, 0.3) is 5.56 Å². The van der Waals surface area contributed by atoms with Gasteiger partial charge >= 0.3 is 5.69 Å². The molecule has 2 aromatic heterocycles. The number of benzene rings is 1. The fourth-order valence-corrected chi connectivity index (χ4v) is 2.91. The topological polar surface area (TPSA) is 103 Å². The molecule has 1 amide bonds. The molecular formula is C18H22N6O3. The molecule has 27 heavy (non-hydrogen) atoms. The second kappa shape index (κ2) is 7.48. The van der Waals surface area contributed by atoms with E-state index in [2.05, 4.69) is 15.6 Å². The lowest BCUT2D eigenvalue weighted by molar-refractivity contribution is -0.118. The summed E-state index contributed by atoms with van der Waals surface area (Å²) in [4.78, 5) is 40.5. The first-order valence-electron chi connectivity index (χ1n) is 8.58. The van der Waals surface area contributed by atoms with Gasteiger partial charge in [0, 0.05) is 34.1 Å². The van der Waals surface area contributed by atoms with Gasteiger partial charge in [-0.3, -0.25) is 23.3 Å². The van der Waals surface area contributed by atoms with E-state index in [1.807, 2.05) is 30.3 Å². The molecule has 0 fully saturated rings. The van der Waals surface area contributed by atoms with Crippen LogP contribution in [-0.4, -0.2) is 37.7 Å². The standard InChI is InChI=1S/C18H22N6O3/c1-12(25)19-9-10-20-17-21-15-14(16(26)23(3)18(27)22(15)2)24(17)11-13-7-5-4-6-8-13/h4-8H,9-11H2,1-3H3,(H,19,25)(H,20,21). The molecule has 0 saturated heterocycles. The molecule has 0 radical (unpaired) electrons. The van der Waals surface area contributed by atoms with Gasteiger partial charge in [0.2, 0.25) is 11.9 Å². The number of hydrogen-bond acceptors (Lipinski definition) is 5. The molecule has 0 unspecified atom stereocenters. The smallest absolute Gasteiger partial charge is 0.332 e. The average molecular weight is 370 g/mol. The van der Waals surface area contributed by atoms with Crippen LogP contribution in [0.25, 0.3) is 11.2 Å². The van der Waals surface area contributed by atoms with Crippen molar-refractivity contribution in [2.75, 3.05) is 18.4 Å². The molecule has 9 heteroatoms. The molecule has 0 saturated carbocycles. The van der Waals surface area contributed by atoms with Crippen LogP contribution < -0.4 is 21.9 Å². The summed E-state index contributed by atoms with van der Waals surface area (Å²) in [5, 5.41) is 5.85. The molecule has 0 atom stereocenters. The number of nitrogens with one attached hydrogen (secondary N) is 2. The number of amides is 1. The fraction of sp³-hybridized carbons (Fsp3) is 0.333. The highest BCUT2D eigenvalue weighted by Gasteiger charge is 2.19. The number of aromatic nitrogens is 4. The third-order valence-corrected chi connectivity index (χ3v) is 4.31. The SMILES string of the molecule is CC(=O)NCCNc1nc2c(c(=O)n(C)c(=O)n2C)n1Cc1ccccc1. The Bertz CT molecular complexity index is 1090. The second-order valence-electron chi connectivity index (χ2n) is 6.29. The van der Waals surface area contributed by atoms with E-state index in [1.165, 1.54) is 18.5 Å². The van der Waals surface area contributed by atoms with Crippen molar-refractivity contribution in [1.29, 1.82) is 0 Å². The largest absolute Gasteiger partial charge is 0.355 e. The van der Waals surface area contributed by atoms with E-state index in [0.717, 1.165) is 10.1 Å². The third-order valence-electron chi connectivity index (χ3n) is 4.31. The van der Waals surface area contributed by atoms with Crippen LogP contribution in [0.15, 0.2) is 39.9 Å². The van der Waals surface area contributed by atoms with Crippen LogP contribution in [0.1, 0.15) is 12.5 Å². The zero-order valence-corrected chi connectivity index (χ0v) is 15.5. The number of carbonyl (C=O) groups excluding carboxylic acids is 1. The van der Waals surface area contributed by atoms with Crippen LogP contribution in [0.5, 0.6) is 0 Å². The first-order chi connectivity index (χ1) is 12.9. The van der Waals surface area contributed by atoms with E-state index in [-0.39, 0.29) is 5.91 Å². The number of rotatable bonds is 6. The highest BCUT2D eigenvalue weighted by atomic mass is 16.2. The third kappa shape index (κ3) is 3.62. The van der Waals surface area contributed by atoms with Crippen molar-refractivity contribution in [3.63, 3.8) is 0 Å². The first kappa shape index (κ1) is 18.4. The Labute approximate surface area is 155 Å². The van der Waals surface area contributed by atoms with Crippen molar-refractivity contribution >= 4 is 23.0 Å². The molecule has 9 nitrogen and oxygen atoms in total. The Hall–Kier alpha value is -3.36. The summed E-state index contributed by atoms with van der Waals surface area (Å²) in [6, 6.07) is 9.68.